The molecule has 0 spiro atoms. The van der Waals surface area contributed by atoms with Gasteiger partial charge in [0.1, 0.15) is 0 Å². The van der Waals surface area contributed by atoms with E-state index in [1.807, 2.05) is 6.92 Å². The van der Waals surface area contributed by atoms with Crippen LogP contribution in [0.25, 0.3) is 0 Å². The lowest BCUT2D eigenvalue weighted by atomic mass is 10.1. The normalized spacial score (nSPS) is 42.0. The molecule has 0 aromatic rings. The SMILES string of the molecule is CCC[C@H]1N[C@H](CO)[C@H](O)[C@@H]1O. The third-order valence-corrected chi connectivity index (χ3v) is 2.40. The summed E-state index contributed by atoms with van der Waals surface area (Å²) in [5.41, 5.74) is 0. The monoisotopic (exact) mass is 175 g/mol. The van der Waals surface area contributed by atoms with Crippen molar-refractivity contribution in [3.05, 3.63) is 0 Å². The molecular weight excluding hydrogens is 158 g/mol. The molecule has 1 saturated heterocycles. The summed E-state index contributed by atoms with van der Waals surface area (Å²) < 4.78 is 0. The van der Waals surface area contributed by atoms with Crippen molar-refractivity contribution in [2.45, 2.75) is 44.1 Å². The van der Waals surface area contributed by atoms with Gasteiger partial charge in [-0.05, 0) is 6.42 Å². The van der Waals surface area contributed by atoms with Crippen LogP contribution in [0, 0.1) is 0 Å². The predicted octanol–water partition coefficient (Wildman–Crippen LogP) is -1.16. The van der Waals surface area contributed by atoms with Gasteiger partial charge in [0.15, 0.2) is 0 Å². The van der Waals surface area contributed by atoms with E-state index in [4.69, 9.17) is 5.11 Å². The third kappa shape index (κ3) is 1.77. The molecule has 1 heterocycles. The number of nitrogens with one attached hydrogen (secondary N) is 1. The molecule has 0 radical (unpaired) electrons. The Balaban J connectivity index is 2.48. The van der Waals surface area contributed by atoms with E-state index < -0.39 is 12.2 Å². The van der Waals surface area contributed by atoms with Gasteiger partial charge < -0.3 is 20.6 Å². The van der Waals surface area contributed by atoms with Gasteiger partial charge in [0.05, 0.1) is 24.9 Å². The lowest BCUT2D eigenvalue weighted by molar-refractivity contribution is 0.0188. The molecule has 0 aromatic heterocycles. The van der Waals surface area contributed by atoms with Gasteiger partial charge in [-0.25, -0.2) is 0 Å². The fourth-order valence-electron chi connectivity index (χ4n) is 1.67. The molecule has 0 amide bonds. The van der Waals surface area contributed by atoms with Gasteiger partial charge in [0.2, 0.25) is 0 Å². The Labute approximate surface area is 72.2 Å². The Bertz CT molecular complexity index is 142. The summed E-state index contributed by atoms with van der Waals surface area (Å²) in [5.74, 6) is 0. The molecular formula is C8H17NO3. The van der Waals surface area contributed by atoms with Gasteiger partial charge in [-0.2, -0.15) is 0 Å². The fraction of sp³-hybridized carbons (Fsp3) is 1.00. The van der Waals surface area contributed by atoms with Gasteiger partial charge in [0, 0.05) is 6.04 Å². The first kappa shape index (κ1) is 9.92. The maximum Gasteiger partial charge on any atom is 0.0989 e. The Morgan fingerprint density at radius 3 is 2.17 bits per heavy atom. The molecule has 1 rings (SSSR count). The van der Waals surface area contributed by atoms with Gasteiger partial charge in [-0.3, -0.25) is 0 Å². The van der Waals surface area contributed by atoms with Crippen molar-refractivity contribution in [2.24, 2.45) is 0 Å². The van der Waals surface area contributed by atoms with Crippen LogP contribution in [0.1, 0.15) is 19.8 Å². The van der Waals surface area contributed by atoms with Gasteiger partial charge in [-0.15, -0.1) is 0 Å². The summed E-state index contributed by atoms with van der Waals surface area (Å²) >= 11 is 0. The van der Waals surface area contributed by atoms with E-state index >= 15 is 0 Å². The van der Waals surface area contributed by atoms with E-state index in [0.29, 0.717) is 0 Å². The van der Waals surface area contributed by atoms with E-state index in [-0.39, 0.29) is 18.7 Å². The van der Waals surface area contributed by atoms with Crippen LogP contribution in [-0.4, -0.2) is 46.2 Å². The summed E-state index contributed by atoms with van der Waals surface area (Å²) in [6.45, 7) is 1.89. The second-order valence-corrected chi connectivity index (χ2v) is 3.33. The molecule has 0 aromatic carbocycles. The summed E-state index contributed by atoms with van der Waals surface area (Å²) in [4.78, 5) is 0. The van der Waals surface area contributed by atoms with Crippen LogP contribution in [-0.2, 0) is 0 Å². The molecule has 4 atom stereocenters. The van der Waals surface area contributed by atoms with Crippen LogP contribution in [0.15, 0.2) is 0 Å². The first-order chi connectivity index (χ1) is 5.70. The van der Waals surface area contributed by atoms with E-state index in [1.54, 1.807) is 0 Å². The summed E-state index contributed by atoms with van der Waals surface area (Å²) in [6, 6.07) is -0.432. The second-order valence-electron chi connectivity index (χ2n) is 3.33. The minimum atomic E-state index is -0.827. The molecule has 4 nitrogen and oxygen atoms in total. The Hall–Kier alpha value is -0.160. The quantitative estimate of drug-likeness (QED) is 0.436. The van der Waals surface area contributed by atoms with Crippen LogP contribution in [0.5, 0.6) is 0 Å². The average Bonchev–Trinajstić information content (AvgIpc) is 2.33. The first-order valence-electron chi connectivity index (χ1n) is 4.43. The number of aliphatic hydroxyl groups excluding tert-OH is 3. The van der Waals surface area contributed by atoms with Crippen molar-refractivity contribution in [1.29, 1.82) is 0 Å². The van der Waals surface area contributed by atoms with Crippen molar-refractivity contribution in [1.82, 2.24) is 5.32 Å². The topological polar surface area (TPSA) is 72.7 Å². The predicted molar refractivity (Wildman–Crippen MR) is 44.7 cm³/mol. The largest absolute Gasteiger partial charge is 0.395 e. The molecule has 1 fully saturated rings. The molecule has 1 aliphatic rings. The molecule has 0 saturated carbocycles. The Morgan fingerprint density at radius 2 is 1.75 bits per heavy atom. The van der Waals surface area contributed by atoms with Crippen LogP contribution in [0.4, 0.5) is 0 Å². The lowest BCUT2D eigenvalue weighted by Crippen LogP contribution is -2.36. The number of hydrogen-bond acceptors (Lipinski definition) is 4. The van der Waals surface area contributed by atoms with Gasteiger partial charge >= 0.3 is 0 Å². The Kier molecular flexibility index (Phi) is 3.46. The van der Waals surface area contributed by atoms with Crippen molar-refractivity contribution >= 4 is 0 Å². The average molecular weight is 175 g/mol. The minimum absolute atomic E-state index is 0.0675. The highest BCUT2D eigenvalue weighted by Gasteiger charge is 2.39. The highest BCUT2D eigenvalue weighted by molar-refractivity contribution is 4.97. The molecule has 1 aliphatic heterocycles. The van der Waals surface area contributed by atoms with Crippen molar-refractivity contribution in [3.8, 4) is 0 Å². The zero-order valence-electron chi connectivity index (χ0n) is 7.27. The third-order valence-electron chi connectivity index (χ3n) is 2.40. The first-order valence-corrected chi connectivity index (χ1v) is 4.43. The summed E-state index contributed by atoms with van der Waals surface area (Å²) in [6.07, 6.45) is 0.225. The fourth-order valence-corrected chi connectivity index (χ4v) is 1.67. The van der Waals surface area contributed by atoms with Crippen LogP contribution < -0.4 is 5.32 Å². The molecule has 0 aliphatic carbocycles. The van der Waals surface area contributed by atoms with Crippen LogP contribution in [0.3, 0.4) is 0 Å². The number of hydrogen-bond donors (Lipinski definition) is 4. The summed E-state index contributed by atoms with van der Waals surface area (Å²) in [5, 5.41) is 30.6. The van der Waals surface area contributed by atoms with Gasteiger partial charge in [0.25, 0.3) is 0 Å². The number of aliphatic hydroxyl groups is 3. The standard InChI is InChI=1S/C8H17NO3/c1-2-3-5-7(11)8(12)6(4-10)9-5/h5-12H,2-4H2,1H3/t5-,6-,7-,8+/m1/s1. The van der Waals surface area contributed by atoms with E-state index in [0.717, 1.165) is 12.8 Å². The molecule has 4 N–H and O–H groups in total. The van der Waals surface area contributed by atoms with Crippen molar-refractivity contribution < 1.29 is 15.3 Å². The van der Waals surface area contributed by atoms with E-state index in [9.17, 15) is 10.2 Å². The summed E-state index contributed by atoms with van der Waals surface area (Å²) in [7, 11) is 0. The van der Waals surface area contributed by atoms with Crippen LogP contribution >= 0.6 is 0 Å². The second kappa shape index (κ2) is 4.18. The molecule has 4 heteroatoms. The van der Waals surface area contributed by atoms with Crippen LogP contribution in [0.2, 0.25) is 0 Å². The van der Waals surface area contributed by atoms with Crippen molar-refractivity contribution in [3.63, 3.8) is 0 Å². The minimum Gasteiger partial charge on any atom is -0.395 e. The van der Waals surface area contributed by atoms with E-state index in [2.05, 4.69) is 5.32 Å². The van der Waals surface area contributed by atoms with E-state index in [1.165, 1.54) is 0 Å². The zero-order valence-corrected chi connectivity index (χ0v) is 7.27. The maximum absolute atomic E-state index is 9.47. The number of rotatable bonds is 3. The highest BCUT2D eigenvalue weighted by atomic mass is 16.3. The molecule has 72 valence electrons. The Morgan fingerprint density at radius 1 is 1.17 bits per heavy atom. The lowest BCUT2D eigenvalue weighted by Gasteiger charge is -2.14. The molecule has 0 unspecified atom stereocenters. The highest BCUT2D eigenvalue weighted by Crippen LogP contribution is 2.17. The van der Waals surface area contributed by atoms with Gasteiger partial charge in [-0.1, -0.05) is 13.3 Å². The maximum atomic E-state index is 9.47. The van der Waals surface area contributed by atoms with Crippen molar-refractivity contribution in [2.75, 3.05) is 6.61 Å². The molecule has 12 heavy (non-hydrogen) atoms. The molecule has 0 bridgehead atoms. The zero-order chi connectivity index (χ0) is 9.14. The smallest absolute Gasteiger partial charge is 0.0989 e.